The summed E-state index contributed by atoms with van der Waals surface area (Å²) in [5.74, 6) is 0. The van der Waals surface area contributed by atoms with Crippen LogP contribution >= 0.6 is 0 Å². The number of aliphatic hydroxyl groups is 2. The number of aliphatic hydroxyl groups excluding tert-OH is 2. The summed E-state index contributed by atoms with van der Waals surface area (Å²) in [6, 6.07) is 0. The van der Waals surface area contributed by atoms with Crippen molar-refractivity contribution in [1.29, 1.82) is 0 Å². The zero-order chi connectivity index (χ0) is 14.6. The van der Waals surface area contributed by atoms with E-state index < -0.39 is 0 Å². The van der Waals surface area contributed by atoms with Crippen molar-refractivity contribution in [3.05, 3.63) is 0 Å². The molecule has 6 N–H and O–H groups in total. The maximum Gasteiger partial charge on any atom is 0.0596 e. The Kier molecular flexibility index (Phi) is 5.46. The van der Waals surface area contributed by atoms with E-state index in [2.05, 4.69) is 0 Å². The van der Waals surface area contributed by atoms with Gasteiger partial charge in [0.1, 0.15) is 0 Å². The van der Waals surface area contributed by atoms with Crippen molar-refractivity contribution in [2.24, 2.45) is 22.3 Å². The molecule has 0 aliphatic heterocycles. The van der Waals surface area contributed by atoms with E-state index in [9.17, 15) is 10.2 Å². The summed E-state index contributed by atoms with van der Waals surface area (Å²) >= 11 is 0. The molecule has 4 nitrogen and oxygen atoms in total. The van der Waals surface area contributed by atoms with Crippen molar-refractivity contribution in [2.75, 3.05) is 13.1 Å². The van der Waals surface area contributed by atoms with Crippen molar-refractivity contribution in [2.45, 2.75) is 76.4 Å². The molecule has 0 aromatic heterocycles. The van der Waals surface area contributed by atoms with E-state index in [1.54, 1.807) is 0 Å². The molecular weight excluding hydrogens is 252 g/mol. The van der Waals surface area contributed by atoms with Crippen LogP contribution in [0.1, 0.15) is 64.2 Å². The van der Waals surface area contributed by atoms with Crippen LogP contribution in [0.15, 0.2) is 0 Å². The number of hydrogen-bond acceptors (Lipinski definition) is 4. The van der Waals surface area contributed by atoms with Gasteiger partial charge in [0.25, 0.3) is 0 Å². The van der Waals surface area contributed by atoms with Gasteiger partial charge in [-0.05, 0) is 88.1 Å². The number of nitrogens with two attached hydrogens (primary N) is 2. The number of hydrogen-bond donors (Lipinski definition) is 4. The Morgan fingerprint density at radius 3 is 1.25 bits per heavy atom. The van der Waals surface area contributed by atoms with Crippen LogP contribution in [-0.2, 0) is 0 Å². The molecule has 0 saturated heterocycles. The highest BCUT2D eigenvalue weighted by Gasteiger charge is 2.53. The standard InChI is InChI=1S/C16H32N2O2/c17-11-1-3-13(19)15-5-8-16(9-6-15,10-7-15)14(20)4-2-12-18/h13-14,19-20H,1-12,17-18H2. The van der Waals surface area contributed by atoms with Crippen LogP contribution in [0.4, 0.5) is 0 Å². The molecule has 3 aliphatic carbocycles. The minimum atomic E-state index is -0.203. The maximum absolute atomic E-state index is 10.5. The lowest BCUT2D eigenvalue weighted by Crippen LogP contribution is -2.52. The molecule has 3 rings (SSSR count). The van der Waals surface area contributed by atoms with Crippen LogP contribution in [-0.4, -0.2) is 35.5 Å². The lowest BCUT2D eigenvalue weighted by atomic mass is 9.50. The highest BCUT2D eigenvalue weighted by Crippen LogP contribution is 2.60. The first-order valence-electron chi connectivity index (χ1n) is 8.35. The monoisotopic (exact) mass is 284 g/mol. The van der Waals surface area contributed by atoms with Gasteiger partial charge >= 0.3 is 0 Å². The molecule has 0 spiro atoms. The first kappa shape index (κ1) is 16.2. The minimum Gasteiger partial charge on any atom is -0.393 e. The van der Waals surface area contributed by atoms with Crippen molar-refractivity contribution in [3.63, 3.8) is 0 Å². The molecule has 0 heterocycles. The zero-order valence-electron chi connectivity index (χ0n) is 12.7. The Morgan fingerprint density at radius 1 is 0.700 bits per heavy atom. The van der Waals surface area contributed by atoms with Gasteiger partial charge in [-0.1, -0.05) is 0 Å². The summed E-state index contributed by atoms with van der Waals surface area (Å²) in [4.78, 5) is 0. The van der Waals surface area contributed by atoms with Gasteiger partial charge < -0.3 is 21.7 Å². The van der Waals surface area contributed by atoms with E-state index in [-0.39, 0.29) is 23.0 Å². The van der Waals surface area contributed by atoms with E-state index in [1.165, 1.54) is 0 Å². The average Bonchev–Trinajstić information content (AvgIpc) is 2.51. The molecule has 3 saturated carbocycles. The summed E-state index contributed by atoms with van der Waals surface area (Å²) in [6.45, 7) is 1.32. The van der Waals surface area contributed by atoms with E-state index in [0.29, 0.717) is 13.1 Å². The van der Waals surface area contributed by atoms with Crippen LogP contribution in [0.25, 0.3) is 0 Å². The van der Waals surface area contributed by atoms with Gasteiger partial charge in [0.2, 0.25) is 0 Å². The Labute approximate surface area is 122 Å². The normalized spacial score (nSPS) is 36.0. The predicted octanol–water partition coefficient (Wildman–Crippen LogP) is 1.53. The van der Waals surface area contributed by atoms with Crippen LogP contribution in [0, 0.1) is 10.8 Å². The van der Waals surface area contributed by atoms with Gasteiger partial charge in [0, 0.05) is 0 Å². The highest BCUT2D eigenvalue weighted by atomic mass is 16.3. The molecule has 0 aromatic carbocycles. The molecule has 2 bridgehead atoms. The lowest BCUT2D eigenvalue weighted by molar-refractivity contribution is -0.132. The Morgan fingerprint density at radius 2 is 1.00 bits per heavy atom. The summed E-state index contributed by atoms with van der Waals surface area (Å²) in [5.41, 5.74) is 11.3. The summed E-state index contributed by atoms with van der Waals surface area (Å²) in [7, 11) is 0. The van der Waals surface area contributed by atoms with Crippen LogP contribution in [0.3, 0.4) is 0 Å². The molecule has 3 fully saturated rings. The third-order valence-electron chi connectivity index (χ3n) is 6.14. The van der Waals surface area contributed by atoms with Gasteiger partial charge in [-0.15, -0.1) is 0 Å². The fourth-order valence-corrected chi connectivity index (χ4v) is 4.48. The second kappa shape index (κ2) is 6.73. The van der Waals surface area contributed by atoms with E-state index in [1.807, 2.05) is 0 Å². The van der Waals surface area contributed by atoms with Crippen molar-refractivity contribution < 1.29 is 10.2 Å². The lowest BCUT2D eigenvalue weighted by Gasteiger charge is -2.57. The maximum atomic E-state index is 10.5. The molecule has 0 amide bonds. The van der Waals surface area contributed by atoms with Crippen LogP contribution in [0.2, 0.25) is 0 Å². The van der Waals surface area contributed by atoms with Crippen molar-refractivity contribution in [1.82, 2.24) is 0 Å². The van der Waals surface area contributed by atoms with E-state index >= 15 is 0 Å². The second-order valence-corrected chi connectivity index (χ2v) is 7.12. The molecule has 20 heavy (non-hydrogen) atoms. The van der Waals surface area contributed by atoms with Gasteiger partial charge in [-0.25, -0.2) is 0 Å². The van der Waals surface area contributed by atoms with Gasteiger partial charge in [0.05, 0.1) is 12.2 Å². The summed E-state index contributed by atoms with van der Waals surface area (Å²) in [5, 5.41) is 21.0. The highest BCUT2D eigenvalue weighted by molar-refractivity contribution is 5.04. The number of fused-ring (bicyclic) bond motifs is 3. The molecule has 118 valence electrons. The first-order chi connectivity index (χ1) is 9.58. The quantitative estimate of drug-likeness (QED) is 0.544. The largest absolute Gasteiger partial charge is 0.393 e. The SMILES string of the molecule is NCCCC(O)C12CCC(C(O)CCCN)(CC1)CC2. The first-order valence-corrected chi connectivity index (χ1v) is 8.35. The Balaban J connectivity index is 1.93. The van der Waals surface area contributed by atoms with Gasteiger partial charge in [0.15, 0.2) is 0 Å². The Hall–Kier alpha value is -0.160. The summed E-state index contributed by atoms with van der Waals surface area (Å²) < 4.78 is 0. The summed E-state index contributed by atoms with van der Waals surface area (Å²) in [6.07, 6.45) is 9.49. The average molecular weight is 284 g/mol. The molecular formula is C16H32N2O2. The smallest absolute Gasteiger partial charge is 0.0596 e. The van der Waals surface area contributed by atoms with Crippen LogP contribution in [0.5, 0.6) is 0 Å². The second-order valence-electron chi connectivity index (χ2n) is 7.12. The molecule has 0 aromatic rings. The predicted molar refractivity (Wildman–Crippen MR) is 81.2 cm³/mol. The van der Waals surface area contributed by atoms with Crippen molar-refractivity contribution >= 4 is 0 Å². The fraction of sp³-hybridized carbons (Fsp3) is 1.00. The molecule has 2 atom stereocenters. The third kappa shape index (κ3) is 3.03. The van der Waals surface area contributed by atoms with Gasteiger partial charge in [-0.2, -0.15) is 0 Å². The fourth-order valence-electron chi connectivity index (χ4n) is 4.48. The van der Waals surface area contributed by atoms with Crippen molar-refractivity contribution in [3.8, 4) is 0 Å². The Bertz CT molecular complexity index is 254. The third-order valence-corrected chi connectivity index (χ3v) is 6.14. The van der Waals surface area contributed by atoms with E-state index in [0.717, 1.165) is 64.2 Å². The molecule has 4 heteroatoms. The van der Waals surface area contributed by atoms with E-state index in [4.69, 9.17) is 11.5 Å². The molecule has 0 radical (unpaired) electrons. The molecule has 3 aliphatic rings. The topological polar surface area (TPSA) is 92.5 Å². The zero-order valence-corrected chi connectivity index (χ0v) is 12.7. The molecule has 2 unspecified atom stereocenters. The van der Waals surface area contributed by atoms with Gasteiger partial charge in [-0.3, -0.25) is 0 Å². The minimum absolute atomic E-state index is 0.116. The van der Waals surface area contributed by atoms with Crippen LogP contribution < -0.4 is 11.5 Å². The number of rotatable bonds is 8.